The van der Waals surface area contributed by atoms with Crippen molar-refractivity contribution in [3.05, 3.63) is 35.4 Å². The number of rotatable bonds is 3. The number of aryl methyl sites for hydroxylation is 1. The van der Waals surface area contributed by atoms with Crippen molar-refractivity contribution < 1.29 is 0 Å². The first-order valence-corrected chi connectivity index (χ1v) is 6.92. The Bertz CT molecular complexity index is 410. The molecule has 1 aliphatic rings. The van der Waals surface area contributed by atoms with Crippen molar-refractivity contribution in [2.24, 2.45) is 0 Å². The van der Waals surface area contributed by atoms with Crippen LogP contribution in [0.1, 0.15) is 43.2 Å². The minimum atomic E-state index is 0.0213. The van der Waals surface area contributed by atoms with E-state index in [1.165, 1.54) is 30.4 Å². The normalized spacial score (nSPS) is 20.1. The van der Waals surface area contributed by atoms with E-state index < -0.39 is 0 Å². The lowest BCUT2D eigenvalue weighted by atomic mass is 9.91. The third-order valence-electron chi connectivity index (χ3n) is 3.99. The Morgan fingerprint density at radius 1 is 1.11 bits per heavy atom. The highest BCUT2D eigenvalue weighted by molar-refractivity contribution is 5.27. The number of likely N-dealkylation sites (tertiary alicyclic amines) is 1. The van der Waals surface area contributed by atoms with Crippen LogP contribution in [0.5, 0.6) is 0 Å². The molecule has 0 aliphatic carbocycles. The van der Waals surface area contributed by atoms with Gasteiger partial charge < -0.3 is 0 Å². The number of nitrogens with zero attached hydrogens (tertiary/aromatic N) is 2. The first-order chi connectivity index (χ1) is 8.72. The molecule has 1 fully saturated rings. The SMILES string of the molecule is Cc1ccc(C(C)C(C#N)N2CCCCC2)cc1. The van der Waals surface area contributed by atoms with Crippen molar-refractivity contribution in [1.82, 2.24) is 4.90 Å². The van der Waals surface area contributed by atoms with Gasteiger partial charge in [0, 0.05) is 5.92 Å². The topological polar surface area (TPSA) is 27.0 Å². The maximum Gasteiger partial charge on any atom is 0.104 e. The maximum atomic E-state index is 9.47. The summed E-state index contributed by atoms with van der Waals surface area (Å²) >= 11 is 0. The molecule has 2 atom stereocenters. The van der Waals surface area contributed by atoms with Crippen LogP contribution >= 0.6 is 0 Å². The first kappa shape index (κ1) is 13.1. The Hall–Kier alpha value is -1.33. The molecule has 1 heterocycles. The van der Waals surface area contributed by atoms with Crippen molar-refractivity contribution in [2.75, 3.05) is 13.1 Å². The minimum absolute atomic E-state index is 0.0213. The smallest absolute Gasteiger partial charge is 0.104 e. The van der Waals surface area contributed by atoms with Crippen LogP contribution in [0.25, 0.3) is 0 Å². The number of piperidine rings is 1. The lowest BCUT2D eigenvalue weighted by molar-refractivity contribution is 0.179. The summed E-state index contributed by atoms with van der Waals surface area (Å²) in [6, 6.07) is 11.1. The van der Waals surface area contributed by atoms with Crippen LogP contribution in [0, 0.1) is 18.3 Å². The summed E-state index contributed by atoms with van der Waals surface area (Å²) in [5.41, 5.74) is 2.55. The summed E-state index contributed by atoms with van der Waals surface area (Å²) in [5, 5.41) is 9.47. The van der Waals surface area contributed by atoms with Crippen LogP contribution in [0.4, 0.5) is 0 Å². The van der Waals surface area contributed by atoms with E-state index in [1.54, 1.807) is 0 Å². The highest BCUT2D eigenvalue weighted by Gasteiger charge is 2.26. The molecule has 0 spiro atoms. The van der Waals surface area contributed by atoms with Gasteiger partial charge in [-0.15, -0.1) is 0 Å². The van der Waals surface area contributed by atoms with Gasteiger partial charge >= 0.3 is 0 Å². The molecule has 0 radical (unpaired) electrons. The molecular weight excluding hydrogens is 220 g/mol. The quantitative estimate of drug-likeness (QED) is 0.811. The summed E-state index contributed by atoms with van der Waals surface area (Å²) < 4.78 is 0. The predicted molar refractivity (Wildman–Crippen MR) is 74.4 cm³/mol. The molecule has 2 nitrogen and oxygen atoms in total. The molecule has 1 aromatic rings. The predicted octanol–water partition coefficient (Wildman–Crippen LogP) is 3.48. The molecule has 1 aromatic carbocycles. The second-order valence-electron chi connectivity index (χ2n) is 5.37. The Kier molecular flexibility index (Phi) is 4.38. The Morgan fingerprint density at radius 2 is 1.72 bits per heavy atom. The van der Waals surface area contributed by atoms with Crippen molar-refractivity contribution in [2.45, 2.75) is 45.1 Å². The van der Waals surface area contributed by atoms with E-state index >= 15 is 0 Å². The molecule has 0 bridgehead atoms. The van der Waals surface area contributed by atoms with Gasteiger partial charge in [0.05, 0.1) is 6.07 Å². The first-order valence-electron chi connectivity index (χ1n) is 6.92. The van der Waals surface area contributed by atoms with Crippen LogP contribution in [-0.4, -0.2) is 24.0 Å². The van der Waals surface area contributed by atoms with E-state index in [1.807, 2.05) is 0 Å². The fraction of sp³-hybridized carbons (Fsp3) is 0.562. The summed E-state index contributed by atoms with van der Waals surface area (Å²) in [4.78, 5) is 2.36. The molecule has 18 heavy (non-hydrogen) atoms. The average Bonchev–Trinajstić information content (AvgIpc) is 2.41. The molecule has 2 heteroatoms. The number of hydrogen-bond donors (Lipinski definition) is 0. The number of nitriles is 1. The number of benzene rings is 1. The second-order valence-corrected chi connectivity index (χ2v) is 5.37. The van der Waals surface area contributed by atoms with Crippen molar-refractivity contribution in [1.29, 1.82) is 5.26 Å². The van der Waals surface area contributed by atoms with Gasteiger partial charge in [-0.05, 0) is 38.4 Å². The second kappa shape index (κ2) is 6.02. The summed E-state index contributed by atoms with van der Waals surface area (Å²) in [6.07, 6.45) is 3.78. The van der Waals surface area contributed by atoms with Gasteiger partial charge in [-0.25, -0.2) is 0 Å². The molecular formula is C16H22N2. The van der Waals surface area contributed by atoms with Crippen LogP contribution in [0.3, 0.4) is 0 Å². The Morgan fingerprint density at radius 3 is 2.28 bits per heavy atom. The molecule has 1 saturated heterocycles. The highest BCUT2D eigenvalue weighted by atomic mass is 15.2. The molecule has 0 N–H and O–H groups in total. The molecule has 2 unspecified atom stereocenters. The Balaban J connectivity index is 2.11. The number of hydrogen-bond acceptors (Lipinski definition) is 2. The van der Waals surface area contributed by atoms with Gasteiger partial charge in [0.15, 0.2) is 0 Å². The minimum Gasteiger partial charge on any atom is -0.288 e. The van der Waals surface area contributed by atoms with Crippen LogP contribution < -0.4 is 0 Å². The van der Waals surface area contributed by atoms with Crippen molar-refractivity contribution in [3.8, 4) is 6.07 Å². The van der Waals surface area contributed by atoms with Gasteiger partial charge in [0.25, 0.3) is 0 Å². The summed E-state index contributed by atoms with van der Waals surface area (Å²) in [5.74, 6) is 0.286. The zero-order valence-electron chi connectivity index (χ0n) is 11.4. The molecule has 96 valence electrons. The summed E-state index contributed by atoms with van der Waals surface area (Å²) in [6.45, 7) is 6.43. The average molecular weight is 242 g/mol. The van der Waals surface area contributed by atoms with E-state index in [0.717, 1.165) is 13.1 Å². The lowest BCUT2D eigenvalue weighted by Crippen LogP contribution is -2.41. The van der Waals surface area contributed by atoms with E-state index in [-0.39, 0.29) is 12.0 Å². The van der Waals surface area contributed by atoms with E-state index in [9.17, 15) is 5.26 Å². The molecule has 0 amide bonds. The zero-order chi connectivity index (χ0) is 13.0. The third-order valence-corrected chi connectivity index (χ3v) is 3.99. The van der Waals surface area contributed by atoms with E-state index in [4.69, 9.17) is 0 Å². The fourth-order valence-electron chi connectivity index (χ4n) is 2.76. The lowest BCUT2D eigenvalue weighted by Gasteiger charge is -2.34. The van der Waals surface area contributed by atoms with Gasteiger partial charge in [-0.3, -0.25) is 4.90 Å². The summed E-state index contributed by atoms with van der Waals surface area (Å²) in [7, 11) is 0. The maximum absolute atomic E-state index is 9.47. The monoisotopic (exact) mass is 242 g/mol. The van der Waals surface area contributed by atoms with E-state index in [2.05, 4.69) is 49.1 Å². The fourth-order valence-corrected chi connectivity index (χ4v) is 2.76. The Labute approximate surface area is 110 Å². The molecule has 2 rings (SSSR count). The largest absolute Gasteiger partial charge is 0.288 e. The van der Waals surface area contributed by atoms with Gasteiger partial charge in [0.2, 0.25) is 0 Å². The molecule has 1 aliphatic heterocycles. The molecule has 0 saturated carbocycles. The zero-order valence-corrected chi connectivity index (χ0v) is 11.4. The van der Waals surface area contributed by atoms with Crippen LogP contribution in [0.2, 0.25) is 0 Å². The van der Waals surface area contributed by atoms with E-state index in [0.29, 0.717) is 0 Å². The highest BCUT2D eigenvalue weighted by Crippen LogP contribution is 2.25. The molecule has 0 aromatic heterocycles. The van der Waals surface area contributed by atoms with Gasteiger partial charge in [-0.1, -0.05) is 43.2 Å². The van der Waals surface area contributed by atoms with Gasteiger partial charge in [-0.2, -0.15) is 5.26 Å². The van der Waals surface area contributed by atoms with Crippen molar-refractivity contribution >= 4 is 0 Å². The third kappa shape index (κ3) is 2.91. The van der Waals surface area contributed by atoms with Crippen LogP contribution in [0.15, 0.2) is 24.3 Å². The van der Waals surface area contributed by atoms with Gasteiger partial charge in [0.1, 0.15) is 6.04 Å². The standard InChI is InChI=1S/C16H22N2/c1-13-6-8-15(9-7-13)14(2)16(12-17)18-10-4-3-5-11-18/h6-9,14,16H,3-5,10-11H2,1-2H3. The van der Waals surface area contributed by atoms with Crippen LogP contribution in [-0.2, 0) is 0 Å². The van der Waals surface area contributed by atoms with Crippen molar-refractivity contribution in [3.63, 3.8) is 0 Å².